The zero-order valence-corrected chi connectivity index (χ0v) is 11.9. The fraction of sp³-hybridized carbons (Fsp3) is 0.176. The molecule has 0 fully saturated rings. The Balaban J connectivity index is 1.68. The number of rotatable bonds is 5. The molecule has 0 spiro atoms. The molecule has 0 unspecified atom stereocenters. The molecule has 0 radical (unpaired) electrons. The number of hydrogen-bond donors (Lipinski definition) is 1. The number of fused-ring (bicyclic) bond motifs is 1. The lowest BCUT2D eigenvalue weighted by atomic mass is 10.1. The fourth-order valence-corrected chi connectivity index (χ4v) is 2.16. The molecule has 2 heterocycles. The predicted octanol–water partition coefficient (Wildman–Crippen LogP) is 3.64. The van der Waals surface area contributed by atoms with Crippen LogP contribution in [0.3, 0.4) is 0 Å². The molecular weight excluding hydrogens is 262 g/mol. The Kier molecular flexibility index (Phi) is 3.96. The van der Waals surface area contributed by atoms with Gasteiger partial charge in [-0.15, -0.1) is 0 Å². The highest BCUT2D eigenvalue weighted by molar-refractivity contribution is 5.78. The van der Waals surface area contributed by atoms with Crippen LogP contribution < -0.4 is 10.1 Å². The average Bonchev–Trinajstić information content (AvgIpc) is 2.54. The van der Waals surface area contributed by atoms with Crippen molar-refractivity contribution in [3.05, 3.63) is 60.4 Å². The minimum Gasteiger partial charge on any atom is -0.478 e. The largest absolute Gasteiger partial charge is 0.478 e. The summed E-state index contributed by atoms with van der Waals surface area (Å²) in [6.45, 7) is 3.33. The molecule has 0 saturated carbocycles. The first kappa shape index (κ1) is 13.4. The zero-order valence-electron chi connectivity index (χ0n) is 11.9. The molecule has 3 aromatic rings. The molecule has 0 aliphatic rings. The molecule has 0 saturated heterocycles. The summed E-state index contributed by atoms with van der Waals surface area (Å²) < 4.78 is 5.33. The summed E-state index contributed by atoms with van der Waals surface area (Å²) >= 11 is 0. The van der Waals surface area contributed by atoms with E-state index in [1.807, 2.05) is 37.4 Å². The predicted molar refractivity (Wildman–Crippen MR) is 84.5 cm³/mol. The molecule has 0 aliphatic carbocycles. The second-order valence-corrected chi connectivity index (χ2v) is 4.70. The van der Waals surface area contributed by atoms with Crippen LogP contribution >= 0.6 is 0 Å². The van der Waals surface area contributed by atoms with Crippen LogP contribution in [0.5, 0.6) is 5.88 Å². The van der Waals surface area contributed by atoms with Gasteiger partial charge in [0.05, 0.1) is 24.0 Å². The molecule has 0 amide bonds. The molecule has 4 heteroatoms. The first-order valence-electron chi connectivity index (χ1n) is 7.01. The molecule has 21 heavy (non-hydrogen) atoms. The van der Waals surface area contributed by atoms with Gasteiger partial charge in [-0.25, -0.2) is 4.98 Å². The van der Waals surface area contributed by atoms with E-state index in [9.17, 15) is 0 Å². The Labute approximate surface area is 123 Å². The Morgan fingerprint density at radius 1 is 1.10 bits per heavy atom. The molecule has 1 N–H and O–H groups in total. The van der Waals surface area contributed by atoms with Gasteiger partial charge in [0.15, 0.2) is 0 Å². The van der Waals surface area contributed by atoms with Crippen molar-refractivity contribution < 1.29 is 4.74 Å². The van der Waals surface area contributed by atoms with Gasteiger partial charge >= 0.3 is 0 Å². The maximum absolute atomic E-state index is 5.33. The fourth-order valence-electron chi connectivity index (χ4n) is 2.16. The first-order valence-corrected chi connectivity index (χ1v) is 7.01. The summed E-state index contributed by atoms with van der Waals surface area (Å²) in [4.78, 5) is 8.56. The van der Waals surface area contributed by atoms with Gasteiger partial charge in [0.25, 0.3) is 0 Å². The van der Waals surface area contributed by atoms with Crippen LogP contribution in [0.2, 0.25) is 0 Å². The Morgan fingerprint density at radius 3 is 2.86 bits per heavy atom. The lowest BCUT2D eigenvalue weighted by Crippen LogP contribution is -2.00. The molecule has 4 nitrogen and oxygen atoms in total. The molecule has 0 bridgehead atoms. The summed E-state index contributed by atoms with van der Waals surface area (Å²) in [5, 5.41) is 4.51. The van der Waals surface area contributed by atoms with Crippen LogP contribution in [0, 0.1) is 0 Å². The third-order valence-corrected chi connectivity index (χ3v) is 3.19. The van der Waals surface area contributed by atoms with Crippen LogP contribution in [0.15, 0.2) is 54.9 Å². The van der Waals surface area contributed by atoms with E-state index < -0.39 is 0 Å². The van der Waals surface area contributed by atoms with Crippen molar-refractivity contribution in [1.82, 2.24) is 9.97 Å². The lowest BCUT2D eigenvalue weighted by Gasteiger charge is -2.08. The van der Waals surface area contributed by atoms with Crippen molar-refractivity contribution in [2.75, 3.05) is 11.9 Å². The van der Waals surface area contributed by atoms with E-state index in [1.54, 1.807) is 6.20 Å². The number of ether oxygens (including phenoxy) is 1. The van der Waals surface area contributed by atoms with Crippen LogP contribution in [0.25, 0.3) is 10.9 Å². The molecule has 0 aliphatic heterocycles. The van der Waals surface area contributed by atoms with Crippen LogP contribution in [0.1, 0.15) is 12.5 Å². The van der Waals surface area contributed by atoms with Crippen molar-refractivity contribution in [3.63, 3.8) is 0 Å². The zero-order chi connectivity index (χ0) is 14.5. The summed E-state index contributed by atoms with van der Waals surface area (Å²) in [5.41, 5.74) is 3.21. The van der Waals surface area contributed by atoms with E-state index in [0.717, 1.165) is 23.1 Å². The van der Waals surface area contributed by atoms with E-state index in [2.05, 4.69) is 33.5 Å². The quantitative estimate of drug-likeness (QED) is 0.774. The number of hydrogen-bond acceptors (Lipinski definition) is 4. The van der Waals surface area contributed by atoms with Gasteiger partial charge in [0.1, 0.15) is 0 Å². The summed E-state index contributed by atoms with van der Waals surface area (Å²) in [5.74, 6) is 0.653. The van der Waals surface area contributed by atoms with E-state index in [1.165, 1.54) is 5.56 Å². The SMILES string of the molecule is CCOc1ccc(NCc2ccc3ncccc3c2)cn1. The van der Waals surface area contributed by atoms with Crippen LogP contribution in [0.4, 0.5) is 5.69 Å². The average molecular weight is 279 g/mol. The van der Waals surface area contributed by atoms with Gasteiger partial charge < -0.3 is 10.1 Å². The van der Waals surface area contributed by atoms with Crippen LogP contribution in [-0.2, 0) is 6.54 Å². The number of benzene rings is 1. The van der Waals surface area contributed by atoms with E-state index in [0.29, 0.717) is 12.5 Å². The van der Waals surface area contributed by atoms with Gasteiger partial charge in [0.2, 0.25) is 5.88 Å². The Hall–Kier alpha value is -2.62. The highest BCUT2D eigenvalue weighted by Gasteiger charge is 1.99. The van der Waals surface area contributed by atoms with E-state index in [-0.39, 0.29) is 0 Å². The summed E-state index contributed by atoms with van der Waals surface area (Å²) in [6.07, 6.45) is 3.60. The Morgan fingerprint density at radius 2 is 2.05 bits per heavy atom. The van der Waals surface area contributed by atoms with Gasteiger partial charge in [-0.3, -0.25) is 4.98 Å². The molecule has 106 valence electrons. The maximum atomic E-state index is 5.33. The smallest absolute Gasteiger partial charge is 0.213 e. The monoisotopic (exact) mass is 279 g/mol. The molecule has 3 rings (SSSR count). The van der Waals surface area contributed by atoms with Crippen molar-refractivity contribution in [1.29, 1.82) is 0 Å². The molecular formula is C17H17N3O. The van der Waals surface area contributed by atoms with Gasteiger partial charge in [-0.1, -0.05) is 12.1 Å². The van der Waals surface area contributed by atoms with E-state index >= 15 is 0 Å². The Bertz CT molecular complexity index is 725. The van der Waals surface area contributed by atoms with E-state index in [4.69, 9.17) is 4.74 Å². The second-order valence-electron chi connectivity index (χ2n) is 4.70. The number of nitrogens with zero attached hydrogens (tertiary/aromatic N) is 2. The second kappa shape index (κ2) is 6.22. The third-order valence-electron chi connectivity index (χ3n) is 3.19. The lowest BCUT2D eigenvalue weighted by molar-refractivity contribution is 0.327. The van der Waals surface area contributed by atoms with Crippen molar-refractivity contribution >= 4 is 16.6 Å². The normalized spacial score (nSPS) is 10.5. The molecule has 0 atom stereocenters. The molecule has 2 aromatic heterocycles. The highest BCUT2D eigenvalue weighted by Crippen LogP contribution is 2.16. The number of pyridine rings is 2. The number of anilines is 1. The summed E-state index contributed by atoms with van der Waals surface area (Å²) in [6, 6.07) is 14.2. The summed E-state index contributed by atoms with van der Waals surface area (Å²) in [7, 11) is 0. The van der Waals surface area contributed by atoms with Crippen molar-refractivity contribution in [3.8, 4) is 5.88 Å². The standard InChI is InChI=1S/C17H17N3O/c1-2-21-17-8-6-15(12-20-17)19-11-13-5-7-16-14(10-13)4-3-9-18-16/h3-10,12,19H,2,11H2,1H3. The number of aromatic nitrogens is 2. The minimum atomic E-state index is 0.630. The highest BCUT2D eigenvalue weighted by atomic mass is 16.5. The maximum Gasteiger partial charge on any atom is 0.213 e. The van der Waals surface area contributed by atoms with Gasteiger partial charge in [-0.05, 0) is 36.8 Å². The van der Waals surface area contributed by atoms with Gasteiger partial charge in [0, 0.05) is 24.2 Å². The number of nitrogens with one attached hydrogen (secondary N) is 1. The first-order chi connectivity index (χ1) is 10.3. The molecule has 1 aromatic carbocycles. The van der Waals surface area contributed by atoms with Crippen molar-refractivity contribution in [2.45, 2.75) is 13.5 Å². The van der Waals surface area contributed by atoms with Crippen LogP contribution in [-0.4, -0.2) is 16.6 Å². The van der Waals surface area contributed by atoms with Crippen molar-refractivity contribution in [2.24, 2.45) is 0 Å². The minimum absolute atomic E-state index is 0.630. The topological polar surface area (TPSA) is 47.0 Å². The van der Waals surface area contributed by atoms with Gasteiger partial charge in [-0.2, -0.15) is 0 Å². The third kappa shape index (κ3) is 3.28.